The zero-order valence-corrected chi connectivity index (χ0v) is 26.4. The van der Waals surface area contributed by atoms with E-state index >= 15 is 0 Å². The van der Waals surface area contributed by atoms with Gasteiger partial charge in [-0.3, -0.25) is 9.59 Å². The molecule has 0 spiro atoms. The molecule has 2 saturated heterocycles. The zero-order valence-electron chi connectivity index (χ0n) is 26.4. The van der Waals surface area contributed by atoms with Crippen LogP contribution >= 0.6 is 0 Å². The van der Waals surface area contributed by atoms with Crippen molar-refractivity contribution >= 4 is 11.9 Å². The number of carbonyl (C=O) groups excluding carboxylic acids is 1. The molecule has 9 N–H and O–H groups in total. The van der Waals surface area contributed by atoms with Crippen LogP contribution in [-0.4, -0.2) is 151 Å². The first-order valence-electron chi connectivity index (χ1n) is 16.2. The van der Waals surface area contributed by atoms with Crippen molar-refractivity contribution in [2.24, 2.45) is 0 Å². The normalized spacial score (nSPS) is 33.0. The number of carboxylic acid groups (broad SMARTS) is 1. The van der Waals surface area contributed by atoms with Gasteiger partial charge in [0.05, 0.1) is 31.8 Å². The highest BCUT2D eigenvalue weighted by atomic mass is 16.7. The molecule has 0 unspecified atom stereocenters. The molecule has 270 valence electrons. The standard InChI is InChI=1S/C30H54O16/c1-17(32)42-16-21-28(46-30-26(40)24(38)23(37)20(14-31)44-30)25(39)27(41)29(45-21)43-15-19(34)12-10-8-6-4-2-3-5-7-9-11-18(33)13-22(35)36/h18-21,23-31,33-34,37-41H,2-16H2,1H3,(H,35,36)/t18-,19-,20+,21+,23+,24-,25+,26+,27+,28+,29+,30-/m0/s1. The van der Waals surface area contributed by atoms with Gasteiger partial charge in [0.1, 0.15) is 55.4 Å². The second-order valence-electron chi connectivity index (χ2n) is 12.1. The number of aliphatic hydroxyl groups is 8. The Hall–Kier alpha value is -1.54. The summed E-state index contributed by atoms with van der Waals surface area (Å²) >= 11 is 0. The van der Waals surface area contributed by atoms with Crippen molar-refractivity contribution in [1.29, 1.82) is 0 Å². The van der Waals surface area contributed by atoms with Gasteiger partial charge in [-0.15, -0.1) is 0 Å². The van der Waals surface area contributed by atoms with E-state index < -0.39 is 98.8 Å². The SMILES string of the molecule is CC(=O)OC[C@H]1O[C@@H](OC[C@@H](O)CCCCCCCCCCC[C@H](O)CC(=O)O)[C@H](O)[C@@H](O)[C@@H]1O[C@@H]1O[C@H](CO)[C@@H](O)[C@H](O)[C@H]1O. The van der Waals surface area contributed by atoms with E-state index in [1.165, 1.54) is 0 Å². The van der Waals surface area contributed by atoms with Crippen LogP contribution in [0.5, 0.6) is 0 Å². The van der Waals surface area contributed by atoms with Crippen molar-refractivity contribution in [3.8, 4) is 0 Å². The molecule has 16 heteroatoms. The van der Waals surface area contributed by atoms with Crippen LogP contribution in [0.25, 0.3) is 0 Å². The molecule has 0 radical (unpaired) electrons. The number of hydrogen-bond donors (Lipinski definition) is 9. The van der Waals surface area contributed by atoms with Gasteiger partial charge in [-0.05, 0) is 12.8 Å². The maximum Gasteiger partial charge on any atom is 0.305 e. The molecule has 16 nitrogen and oxygen atoms in total. The molecule has 0 saturated carbocycles. The fourth-order valence-corrected chi connectivity index (χ4v) is 5.47. The highest BCUT2D eigenvalue weighted by molar-refractivity contribution is 5.67. The van der Waals surface area contributed by atoms with Crippen LogP contribution < -0.4 is 0 Å². The zero-order chi connectivity index (χ0) is 34.2. The summed E-state index contributed by atoms with van der Waals surface area (Å²) in [5.41, 5.74) is 0. The van der Waals surface area contributed by atoms with Crippen molar-refractivity contribution in [2.45, 2.75) is 158 Å². The highest BCUT2D eigenvalue weighted by Gasteiger charge is 2.51. The number of carbonyl (C=O) groups is 2. The molecular formula is C30H54O16. The Morgan fingerprint density at radius 2 is 1.22 bits per heavy atom. The summed E-state index contributed by atoms with van der Waals surface area (Å²) < 4.78 is 27.2. The molecule has 2 heterocycles. The Kier molecular flexibility index (Phi) is 18.9. The van der Waals surface area contributed by atoms with Crippen molar-refractivity contribution in [3.05, 3.63) is 0 Å². The number of aliphatic carboxylic acids is 1. The third-order valence-electron chi connectivity index (χ3n) is 8.17. The third kappa shape index (κ3) is 13.9. The second kappa shape index (κ2) is 21.4. The lowest BCUT2D eigenvalue weighted by Gasteiger charge is -2.46. The average Bonchev–Trinajstić information content (AvgIpc) is 3.00. The number of rotatable bonds is 22. The minimum atomic E-state index is -1.79. The first kappa shape index (κ1) is 40.6. The lowest BCUT2D eigenvalue weighted by molar-refractivity contribution is -0.360. The molecule has 2 rings (SSSR count). The molecule has 2 fully saturated rings. The predicted molar refractivity (Wildman–Crippen MR) is 157 cm³/mol. The van der Waals surface area contributed by atoms with Crippen LogP contribution in [0, 0.1) is 0 Å². The molecule has 2 aliphatic heterocycles. The molecule has 0 aromatic rings. The topological polar surface area (TPSA) is 262 Å². The average molecular weight is 671 g/mol. The first-order valence-corrected chi connectivity index (χ1v) is 16.2. The van der Waals surface area contributed by atoms with E-state index in [0.717, 1.165) is 64.7 Å². The Morgan fingerprint density at radius 3 is 1.76 bits per heavy atom. The van der Waals surface area contributed by atoms with E-state index in [1.54, 1.807) is 0 Å². The van der Waals surface area contributed by atoms with Crippen LogP contribution in [0.15, 0.2) is 0 Å². The monoisotopic (exact) mass is 670 g/mol. The number of unbranched alkanes of at least 4 members (excludes halogenated alkanes) is 8. The third-order valence-corrected chi connectivity index (χ3v) is 8.17. The molecule has 0 amide bonds. The fourth-order valence-electron chi connectivity index (χ4n) is 5.47. The summed E-state index contributed by atoms with van der Waals surface area (Å²) in [5, 5.41) is 90.0. The molecular weight excluding hydrogens is 616 g/mol. The van der Waals surface area contributed by atoms with Gasteiger partial charge in [-0.1, -0.05) is 57.8 Å². The Bertz CT molecular complexity index is 861. The molecule has 0 aromatic heterocycles. The van der Waals surface area contributed by atoms with Crippen LogP contribution in [-0.2, 0) is 33.3 Å². The lowest BCUT2D eigenvalue weighted by atomic mass is 9.97. The Morgan fingerprint density at radius 1 is 0.696 bits per heavy atom. The van der Waals surface area contributed by atoms with Gasteiger partial charge < -0.3 is 69.6 Å². The molecule has 0 bridgehead atoms. The fraction of sp³-hybridized carbons (Fsp3) is 0.933. The van der Waals surface area contributed by atoms with Crippen molar-refractivity contribution in [2.75, 3.05) is 19.8 Å². The van der Waals surface area contributed by atoms with Gasteiger partial charge in [0.2, 0.25) is 0 Å². The van der Waals surface area contributed by atoms with Gasteiger partial charge in [-0.2, -0.15) is 0 Å². The molecule has 46 heavy (non-hydrogen) atoms. The number of esters is 1. The van der Waals surface area contributed by atoms with Crippen LogP contribution in [0.3, 0.4) is 0 Å². The molecule has 0 aliphatic carbocycles. The number of aliphatic hydroxyl groups excluding tert-OH is 8. The second-order valence-corrected chi connectivity index (χ2v) is 12.1. The number of ether oxygens (including phenoxy) is 5. The van der Waals surface area contributed by atoms with Crippen LogP contribution in [0.2, 0.25) is 0 Å². The summed E-state index contributed by atoms with van der Waals surface area (Å²) in [6, 6.07) is 0. The summed E-state index contributed by atoms with van der Waals surface area (Å²) in [4.78, 5) is 22.0. The maximum absolute atomic E-state index is 11.5. The van der Waals surface area contributed by atoms with Crippen molar-refractivity contribution in [1.82, 2.24) is 0 Å². The Labute approximate surface area is 268 Å². The minimum absolute atomic E-state index is 0.214. The van der Waals surface area contributed by atoms with Crippen molar-refractivity contribution < 1.29 is 79.2 Å². The molecule has 0 aromatic carbocycles. The van der Waals surface area contributed by atoms with E-state index in [4.69, 9.17) is 28.8 Å². The molecule has 12 atom stereocenters. The van der Waals surface area contributed by atoms with E-state index in [-0.39, 0.29) is 13.0 Å². The smallest absolute Gasteiger partial charge is 0.305 e. The Balaban J connectivity index is 1.72. The maximum atomic E-state index is 11.5. The van der Waals surface area contributed by atoms with Crippen LogP contribution in [0.4, 0.5) is 0 Å². The van der Waals surface area contributed by atoms with Crippen molar-refractivity contribution in [3.63, 3.8) is 0 Å². The van der Waals surface area contributed by atoms with Crippen LogP contribution in [0.1, 0.15) is 84.0 Å². The largest absolute Gasteiger partial charge is 0.481 e. The number of carboxylic acids is 1. The first-order chi connectivity index (χ1) is 21.8. The van der Waals surface area contributed by atoms with Gasteiger partial charge in [0, 0.05) is 6.92 Å². The summed E-state index contributed by atoms with van der Waals surface area (Å²) in [6.45, 7) is -0.221. The number of hydrogen-bond acceptors (Lipinski definition) is 15. The van der Waals surface area contributed by atoms with E-state index in [2.05, 4.69) is 0 Å². The quantitative estimate of drug-likeness (QED) is 0.0478. The van der Waals surface area contributed by atoms with E-state index in [1.807, 2.05) is 0 Å². The van der Waals surface area contributed by atoms with Gasteiger partial charge >= 0.3 is 11.9 Å². The van der Waals surface area contributed by atoms with Gasteiger partial charge in [0.15, 0.2) is 12.6 Å². The lowest BCUT2D eigenvalue weighted by Crippen LogP contribution is -2.65. The van der Waals surface area contributed by atoms with Gasteiger partial charge in [-0.25, -0.2) is 0 Å². The van der Waals surface area contributed by atoms with Gasteiger partial charge in [0.25, 0.3) is 0 Å². The van der Waals surface area contributed by atoms with E-state index in [9.17, 15) is 50.4 Å². The summed E-state index contributed by atoms with van der Waals surface area (Å²) in [6.07, 6.45) is -7.97. The van der Waals surface area contributed by atoms with E-state index in [0.29, 0.717) is 12.8 Å². The summed E-state index contributed by atoms with van der Waals surface area (Å²) in [5.74, 6) is -1.66. The molecule has 2 aliphatic rings. The minimum Gasteiger partial charge on any atom is -0.481 e. The predicted octanol–water partition coefficient (Wildman–Crippen LogP) is -1.31. The summed E-state index contributed by atoms with van der Waals surface area (Å²) in [7, 11) is 0. The highest BCUT2D eigenvalue weighted by Crippen LogP contribution is 2.30.